The fourth-order valence-electron chi connectivity index (χ4n) is 2.88. The van der Waals surface area contributed by atoms with E-state index in [1.807, 2.05) is 0 Å². The van der Waals surface area contributed by atoms with Crippen LogP contribution in [-0.2, 0) is 17.0 Å². The van der Waals surface area contributed by atoms with Gasteiger partial charge in [-0.25, -0.2) is 14.0 Å². The van der Waals surface area contributed by atoms with Crippen molar-refractivity contribution in [1.82, 2.24) is 10.3 Å². The maximum Gasteiger partial charge on any atom is 0.416 e. The highest BCUT2D eigenvalue weighted by atomic mass is 32.2. The Bertz CT molecular complexity index is 1210. The van der Waals surface area contributed by atoms with Gasteiger partial charge in [0, 0.05) is 4.90 Å². The number of carbonyl (C=O) groups excluding carboxylic acids is 2. The molecule has 0 radical (unpaired) electrons. The van der Waals surface area contributed by atoms with E-state index in [2.05, 4.69) is 15.6 Å². The van der Waals surface area contributed by atoms with Crippen LogP contribution in [0.2, 0.25) is 0 Å². The first-order chi connectivity index (χ1) is 16.1. The van der Waals surface area contributed by atoms with Crippen LogP contribution in [0, 0.1) is 0 Å². The summed E-state index contributed by atoms with van der Waals surface area (Å²) in [5.74, 6) is -0.373. The van der Waals surface area contributed by atoms with Crippen molar-refractivity contribution >= 4 is 28.4 Å². The van der Waals surface area contributed by atoms with Crippen LogP contribution in [0.25, 0.3) is 0 Å². The average molecular weight is 493 g/mol. The van der Waals surface area contributed by atoms with Gasteiger partial charge in [-0.3, -0.25) is 10.1 Å². The minimum atomic E-state index is -4.57. The van der Waals surface area contributed by atoms with Crippen molar-refractivity contribution in [2.75, 3.05) is 19.5 Å². The van der Waals surface area contributed by atoms with Crippen LogP contribution in [0.1, 0.15) is 15.9 Å². The second kappa shape index (κ2) is 10.3. The monoisotopic (exact) mass is 493 g/mol. The van der Waals surface area contributed by atoms with Crippen LogP contribution in [0.5, 0.6) is 11.5 Å². The Labute approximate surface area is 194 Å². The lowest BCUT2D eigenvalue weighted by Gasteiger charge is -2.13. The number of aromatic nitrogens is 1. The summed E-state index contributed by atoms with van der Waals surface area (Å²) < 4.78 is 61.5. The van der Waals surface area contributed by atoms with Crippen molar-refractivity contribution in [3.8, 4) is 11.5 Å². The van der Waals surface area contributed by atoms with Gasteiger partial charge in [-0.05, 0) is 42.5 Å². The highest BCUT2D eigenvalue weighted by Gasteiger charge is 2.31. The number of methoxy groups -OCH3 is 2. The summed E-state index contributed by atoms with van der Waals surface area (Å²) in [6.07, 6.45) is -3.41. The predicted molar refractivity (Wildman–Crippen MR) is 116 cm³/mol. The lowest BCUT2D eigenvalue weighted by Crippen LogP contribution is -2.34. The zero-order valence-electron chi connectivity index (χ0n) is 17.8. The van der Waals surface area contributed by atoms with Gasteiger partial charge in [0.25, 0.3) is 5.91 Å². The number of amides is 3. The molecule has 12 heteroatoms. The van der Waals surface area contributed by atoms with E-state index in [4.69, 9.17) is 9.47 Å². The predicted octanol–water partition coefficient (Wildman–Crippen LogP) is 4.25. The second-order valence-corrected chi connectivity index (χ2v) is 8.05. The molecule has 0 aliphatic carbocycles. The van der Waals surface area contributed by atoms with Crippen LogP contribution in [0.4, 0.5) is 23.7 Å². The molecule has 2 aromatic carbocycles. The van der Waals surface area contributed by atoms with Gasteiger partial charge in [-0.2, -0.15) is 13.2 Å². The van der Waals surface area contributed by atoms with Gasteiger partial charge in [0.1, 0.15) is 32.9 Å². The lowest BCUT2D eigenvalue weighted by atomic mass is 10.1. The molecule has 3 amide bonds. The number of nitrogens with one attached hydrogen (secondary N) is 2. The standard InChI is InChI=1S/C22H18F3N3O5S/c1-32-16-7-4-8-17(33-2)19(16)20(29)28-21(30)27-14-9-10-18(26-12-14)34(31)15-6-3-5-13(11-15)22(23,24)25/h3-12H,1-2H3,(H2,27,28,29,30). The minimum Gasteiger partial charge on any atom is -0.496 e. The van der Waals surface area contributed by atoms with Gasteiger partial charge in [0.05, 0.1) is 31.7 Å². The molecule has 0 aliphatic heterocycles. The number of rotatable bonds is 6. The summed E-state index contributed by atoms with van der Waals surface area (Å²) in [7, 11) is 0.751. The molecule has 34 heavy (non-hydrogen) atoms. The summed E-state index contributed by atoms with van der Waals surface area (Å²) in [4.78, 5) is 28.7. The number of nitrogens with zero attached hydrogens (tertiary/aromatic N) is 1. The number of benzene rings is 2. The third-order valence-electron chi connectivity index (χ3n) is 4.44. The van der Waals surface area contributed by atoms with E-state index < -0.39 is 34.5 Å². The average Bonchev–Trinajstić information content (AvgIpc) is 2.82. The molecule has 8 nitrogen and oxygen atoms in total. The van der Waals surface area contributed by atoms with Gasteiger partial charge >= 0.3 is 12.2 Å². The first-order valence-electron chi connectivity index (χ1n) is 9.52. The molecule has 1 aromatic heterocycles. The number of hydrogen-bond acceptors (Lipinski definition) is 6. The van der Waals surface area contributed by atoms with E-state index in [0.717, 1.165) is 24.4 Å². The maximum atomic E-state index is 12.9. The third kappa shape index (κ3) is 5.70. The largest absolute Gasteiger partial charge is 0.496 e. The number of halogens is 3. The number of pyridine rings is 1. The second-order valence-electron chi connectivity index (χ2n) is 6.63. The Kier molecular flexibility index (Phi) is 7.51. The number of hydrogen-bond donors (Lipinski definition) is 2. The van der Waals surface area contributed by atoms with Gasteiger partial charge in [0.15, 0.2) is 0 Å². The molecule has 0 saturated carbocycles. The first-order valence-corrected chi connectivity index (χ1v) is 10.7. The molecule has 0 saturated heterocycles. The quantitative estimate of drug-likeness (QED) is 0.532. The van der Waals surface area contributed by atoms with Crippen molar-refractivity contribution < 1.29 is 36.4 Å². The fourth-order valence-corrected chi connectivity index (χ4v) is 3.89. The Balaban J connectivity index is 1.69. The smallest absolute Gasteiger partial charge is 0.416 e. The molecular formula is C22H18F3N3O5S. The molecule has 2 N–H and O–H groups in total. The van der Waals surface area contributed by atoms with Gasteiger partial charge < -0.3 is 14.8 Å². The number of urea groups is 1. The number of alkyl halides is 3. The maximum absolute atomic E-state index is 12.9. The van der Waals surface area contributed by atoms with E-state index in [1.54, 1.807) is 6.07 Å². The lowest BCUT2D eigenvalue weighted by molar-refractivity contribution is -0.137. The number of imide groups is 1. The SMILES string of the molecule is COc1cccc(OC)c1C(=O)NC(=O)Nc1ccc(S(=O)c2cccc(C(F)(F)F)c2)nc1. The molecule has 1 atom stereocenters. The summed E-state index contributed by atoms with van der Waals surface area (Å²) >= 11 is 0. The topological polar surface area (TPSA) is 107 Å². The zero-order chi connectivity index (χ0) is 24.9. The van der Waals surface area contributed by atoms with Crippen LogP contribution in [0.15, 0.2) is 70.7 Å². The third-order valence-corrected chi connectivity index (χ3v) is 5.75. The van der Waals surface area contributed by atoms with Crippen LogP contribution < -0.4 is 20.1 Å². The van der Waals surface area contributed by atoms with Gasteiger partial charge in [-0.15, -0.1) is 0 Å². The van der Waals surface area contributed by atoms with Crippen LogP contribution in [0.3, 0.4) is 0 Å². The van der Waals surface area contributed by atoms with Gasteiger partial charge in [-0.1, -0.05) is 12.1 Å². The summed E-state index contributed by atoms with van der Waals surface area (Å²) in [5, 5.41) is 4.51. The van der Waals surface area contributed by atoms with E-state index in [0.29, 0.717) is 0 Å². The molecule has 0 bridgehead atoms. The Morgan fingerprint density at radius 1 is 0.971 bits per heavy atom. The summed E-state index contributed by atoms with van der Waals surface area (Å²) in [5.41, 5.74) is -0.751. The molecular weight excluding hydrogens is 475 g/mol. The van der Waals surface area contributed by atoms with Crippen molar-refractivity contribution in [2.45, 2.75) is 16.1 Å². The summed E-state index contributed by atoms with van der Waals surface area (Å²) in [6.45, 7) is 0. The van der Waals surface area contributed by atoms with Crippen molar-refractivity contribution in [2.24, 2.45) is 0 Å². The van der Waals surface area contributed by atoms with Crippen LogP contribution in [-0.4, -0.2) is 35.4 Å². The minimum absolute atomic E-state index is 0.0138. The fraction of sp³-hybridized carbons (Fsp3) is 0.136. The molecule has 1 heterocycles. The number of anilines is 1. The van der Waals surface area contributed by atoms with Crippen molar-refractivity contribution in [1.29, 1.82) is 0 Å². The van der Waals surface area contributed by atoms with Gasteiger partial charge in [0.2, 0.25) is 0 Å². The van der Waals surface area contributed by atoms with E-state index in [9.17, 15) is 27.0 Å². The molecule has 0 aliphatic rings. The highest BCUT2D eigenvalue weighted by molar-refractivity contribution is 7.85. The Morgan fingerprint density at radius 2 is 1.62 bits per heavy atom. The van der Waals surface area contributed by atoms with E-state index >= 15 is 0 Å². The Morgan fingerprint density at radius 3 is 2.18 bits per heavy atom. The number of carbonyl (C=O) groups is 2. The van der Waals surface area contributed by atoms with Crippen LogP contribution >= 0.6 is 0 Å². The summed E-state index contributed by atoms with van der Waals surface area (Å²) in [6, 6.07) is 10.5. The van der Waals surface area contributed by atoms with Crippen molar-refractivity contribution in [3.63, 3.8) is 0 Å². The molecule has 178 valence electrons. The normalized spacial score (nSPS) is 11.9. The molecule has 0 fully saturated rings. The molecule has 1 unspecified atom stereocenters. The van der Waals surface area contributed by atoms with Crippen molar-refractivity contribution in [3.05, 3.63) is 71.9 Å². The molecule has 0 spiro atoms. The van der Waals surface area contributed by atoms with E-state index in [1.165, 1.54) is 44.6 Å². The first kappa shape index (κ1) is 24.7. The van der Waals surface area contributed by atoms with E-state index in [-0.39, 0.29) is 32.7 Å². The molecule has 3 aromatic rings. The Hall–Kier alpha value is -3.93. The highest BCUT2D eigenvalue weighted by Crippen LogP contribution is 2.31. The zero-order valence-corrected chi connectivity index (χ0v) is 18.6. The number of ether oxygens (including phenoxy) is 2. The molecule has 3 rings (SSSR count).